The zero-order chi connectivity index (χ0) is 14.3. The maximum atomic E-state index is 13.9. The fraction of sp³-hybridized carbons (Fsp3) is 0.0714. The average molecular weight is 277 g/mol. The predicted molar refractivity (Wildman–Crippen MR) is 69.6 cm³/mol. The minimum atomic E-state index is -1.01. The second-order valence-corrected chi connectivity index (χ2v) is 4.42. The first kappa shape index (κ1) is 12.5. The van der Waals surface area contributed by atoms with E-state index < -0.39 is 17.5 Å². The number of anilines is 1. The molecule has 2 aromatic carbocycles. The first-order valence-corrected chi connectivity index (χ1v) is 5.90. The SMILES string of the molecule is Nc1nc2ccc(F)c(F)c2n1Cc1cccc(F)c1. The maximum Gasteiger partial charge on any atom is 0.201 e. The lowest BCUT2D eigenvalue weighted by atomic mass is 10.2. The van der Waals surface area contributed by atoms with Crippen LogP contribution >= 0.6 is 0 Å². The lowest BCUT2D eigenvalue weighted by molar-refractivity contribution is 0.512. The van der Waals surface area contributed by atoms with Crippen molar-refractivity contribution in [2.75, 3.05) is 5.73 Å². The van der Waals surface area contributed by atoms with Crippen LogP contribution < -0.4 is 5.73 Å². The number of nitrogen functional groups attached to an aromatic ring is 1. The molecule has 0 atom stereocenters. The van der Waals surface area contributed by atoms with Gasteiger partial charge in [0.2, 0.25) is 5.95 Å². The van der Waals surface area contributed by atoms with E-state index in [1.807, 2.05) is 0 Å². The zero-order valence-corrected chi connectivity index (χ0v) is 10.3. The van der Waals surface area contributed by atoms with Gasteiger partial charge in [-0.15, -0.1) is 0 Å². The number of fused-ring (bicyclic) bond motifs is 1. The second-order valence-electron chi connectivity index (χ2n) is 4.42. The topological polar surface area (TPSA) is 43.8 Å². The molecule has 0 aliphatic rings. The van der Waals surface area contributed by atoms with Crippen molar-refractivity contribution >= 4 is 17.0 Å². The molecule has 0 amide bonds. The molecule has 0 radical (unpaired) electrons. The zero-order valence-electron chi connectivity index (χ0n) is 10.3. The quantitative estimate of drug-likeness (QED) is 0.782. The van der Waals surface area contributed by atoms with E-state index in [0.717, 1.165) is 6.07 Å². The van der Waals surface area contributed by atoms with Gasteiger partial charge in [-0.1, -0.05) is 12.1 Å². The molecule has 0 unspecified atom stereocenters. The Bertz CT molecular complexity index is 796. The van der Waals surface area contributed by atoms with E-state index in [4.69, 9.17) is 5.73 Å². The Labute approximate surface area is 112 Å². The van der Waals surface area contributed by atoms with Gasteiger partial charge in [-0.3, -0.25) is 0 Å². The standard InChI is InChI=1S/C14H10F3N3/c15-9-3-1-2-8(6-9)7-20-13-11(19-14(20)18)5-4-10(16)12(13)17/h1-6H,7H2,(H2,18,19). The molecule has 0 bridgehead atoms. The summed E-state index contributed by atoms with van der Waals surface area (Å²) in [5.41, 5.74) is 6.55. The van der Waals surface area contributed by atoms with Crippen molar-refractivity contribution in [2.45, 2.75) is 6.54 Å². The summed E-state index contributed by atoms with van der Waals surface area (Å²) < 4.78 is 41.7. The third-order valence-electron chi connectivity index (χ3n) is 3.06. The molecule has 3 rings (SSSR count). The molecule has 1 heterocycles. The van der Waals surface area contributed by atoms with E-state index in [9.17, 15) is 13.2 Å². The number of imidazole rings is 1. The summed E-state index contributed by atoms with van der Waals surface area (Å²) in [6.45, 7) is 0.112. The van der Waals surface area contributed by atoms with Crippen LogP contribution in [0.25, 0.3) is 11.0 Å². The monoisotopic (exact) mass is 277 g/mol. The maximum absolute atomic E-state index is 13.9. The molecule has 3 aromatic rings. The van der Waals surface area contributed by atoms with Gasteiger partial charge >= 0.3 is 0 Å². The number of benzene rings is 2. The molecule has 0 fully saturated rings. The van der Waals surface area contributed by atoms with Gasteiger partial charge in [0.25, 0.3) is 0 Å². The van der Waals surface area contributed by atoms with E-state index in [2.05, 4.69) is 4.98 Å². The van der Waals surface area contributed by atoms with Gasteiger partial charge in [0.1, 0.15) is 11.3 Å². The molecule has 3 nitrogen and oxygen atoms in total. The van der Waals surface area contributed by atoms with E-state index >= 15 is 0 Å². The minimum Gasteiger partial charge on any atom is -0.369 e. The fourth-order valence-corrected chi connectivity index (χ4v) is 2.15. The number of hydrogen-bond acceptors (Lipinski definition) is 2. The van der Waals surface area contributed by atoms with Gasteiger partial charge in [-0.2, -0.15) is 0 Å². The molecule has 2 N–H and O–H groups in total. The van der Waals surface area contributed by atoms with Crippen molar-refractivity contribution in [3.05, 3.63) is 59.4 Å². The Kier molecular flexibility index (Phi) is 2.85. The average Bonchev–Trinajstić information content (AvgIpc) is 2.72. The van der Waals surface area contributed by atoms with Crippen LogP contribution in [0.5, 0.6) is 0 Å². The highest BCUT2D eigenvalue weighted by Crippen LogP contribution is 2.24. The molecule has 0 aliphatic heterocycles. The molecule has 0 aliphatic carbocycles. The molecule has 0 spiro atoms. The van der Waals surface area contributed by atoms with Gasteiger partial charge in [0, 0.05) is 0 Å². The number of nitrogens with zero attached hydrogens (tertiary/aromatic N) is 2. The Morgan fingerprint density at radius 1 is 1.10 bits per heavy atom. The van der Waals surface area contributed by atoms with Crippen LogP contribution in [0.1, 0.15) is 5.56 Å². The lowest BCUT2D eigenvalue weighted by Gasteiger charge is -2.07. The van der Waals surface area contributed by atoms with Gasteiger partial charge in [-0.05, 0) is 29.8 Å². The molecular formula is C14H10F3N3. The second kappa shape index (κ2) is 4.56. The molecule has 1 aromatic heterocycles. The summed E-state index contributed by atoms with van der Waals surface area (Å²) in [6, 6.07) is 8.17. The minimum absolute atomic E-state index is 0.0215. The van der Waals surface area contributed by atoms with E-state index in [0.29, 0.717) is 5.56 Å². The lowest BCUT2D eigenvalue weighted by Crippen LogP contribution is -2.06. The summed E-state index contributed by atoms with van der Waals surface area (Å²) in [5.74, 6) is -2.34. The number of halogens is 3. The molecule has 0 saturated carbocycles. The van der Waals surface area contributed by atoms with Crippen LogP contribution in [0.4, 0.5) is 19.1 Å². The predicted octanol–water partition coefficient (Wildman–Crippen LogP) is 3.08. The van der Waals surface area contributed by atoms with Crippen LogP contribution in [0.2, 0.25) is 0 Å². The Morgan fingerprint density at radius 2 is 1.90 bits per heavy atom. The molecule has 102 valence electrons. The highest BCUT2D eigenvalue weighted by molar-refractivity contribution is 5.79. The Balaban J connectivity index is 2.16. The number of rotatable bonds is 2. The Morgan fingerprint density at radius 3 is 2.65 bits per heavy atom. The fourth-order valence-electron chi connectivity index (χ4n) is 2.15. The molecule has 20 heavy (non-hydrogen) atoms. The smallest absolute Gasteiger partial charge is 0.201 e. The number of aromatic nitrogens is 2. The van der Waals surface area contributed by atoms with Crippen LogP contribution in [0.15, 0.2) is 36.4 Å². The summed E-state index contributed by atoms with van der Waals surface area (Å²) in [4.78, 5) is 3.97. The van der Waals surface area contributed by atoms with Crippen LogP contribution in [-0.4, -0.2) is 9.55 Å². The summed E-state index contributed by atoms with van der Waals surface area (Å²) in [5, 5.41) is 0. The van der Waals surface area contributed by atoms with Crippen molar-refractivity contribution in [3.8, 4) is 0 Å². The van der Waals surface area contributed by atoms with Crippen molar-refractivity contribution < 1.29 is 13.2 Å². The van der Waals surface area contributed by atoms with Crippen molar-refractivity contribution in [1.29, 1.82) is 0 Å². The number of hydrogen-bond donors (Lipinski definition) is 1. The number of nitrogens with two attached hydrogens (primary N) is 1. The summed E-state index contributed by atoms with van der Waals surface area (Å²) >= 11 is 0. The first-order valence-electron chi connectivity index (χ1n) is 5.90. The molecule has 6 heteroatoms. The van der Waals surface area contributed by atoms with Gasteiger partial charge in [-0.25, -0.2) is 18.2 Å². The van der Waals surface area contributed by atoms with E-state index in [-0.39, 0.29) is 23.5 Å². The molecular weight excluding hydrogens is 267 g/mol. The summed E-state index contributed by atoms with van der Waals surface area (Å²) in [7, 11) is 0. The third kappa shape index (κ3) is 1.99. The normalized spacial score (nSPS) is 11.2. The van der Waals surface area contributed by atoms with E-state index in [1.54, 1.807) is 6.07 Å². The van der Waals surface area contributed by atoms with Gasteiger partial charge < -0.3 is 10.3 Å². The molecule has 0 saturated heterocycles. The van der Waals surface area contributed by atoms with Crippen molar-refractivity contribution in [1.82, 2.24) is 9.55 Å². The van der Waals surface area contributed by atoms with Crippen LogP contribution in [0.3, 0.4) is 0 Å². The summed E-state index contributed by atoms with van der Waals surface area (Å²) in [6.07, 6.45) is 0. The van der Waals surface area contributed by atoms with Crippen LogP contribution in [-0.2, 0) is 6.54 Å². The third-order valence-corrected chi connectivity index (χ3v) is 3.06. The van der Waals surface area contributed by atoms with Gasteiger partial charge in [0.05, 0.1) is 12.1 Å². The van der Waals surface area contributed by atoms with Crippen molar-refractivity contribution in [3.63, 3.8) is 0 Å². The first-order chi connectivity index (χ1) is 9.56. The van der Waals surface area contributed by atoms with Gasteiger partial charge in [0.15, 0.2) is 11.6 Å². The van der Waals surface area contributed by atoms with E-state index in [1.165, 1.54) is 28.8 Å². The highest BCUT2D eigenvalue weighted by atomic mass is 19.2. The highest BCUT2D eigenvalue weighted by Gasteiger charge is 2.16. The van der Waals surface area contributed by atoms with Crippen LogP contribution in [0, 0.1) is 17.5 Å². The Hall–Kier alpha value is -2.50. The largest absolute Gasteiger partial charge is 0.369 e. The van der Waals surface area contributed by atoms with Crippen molar-refractivity contribution in [2.24, 2.45) is 0 Å².